The summed E-state index contributed by atoms with van der Waals surface area (Å²) in [6.45, 7) is 4.55. The molecule has 0 amide bonds. The lowest BCUT2D eigenvalue weighted by Crippen LogP contribution is -2.10. The molecule has 2 rings (SSSR count). The van der Waals surface area contributed by atoms with Crippen LogP contribution in [0.3, 0.4) is 0 Å². The van der Waals surface area contributed by atoms with Crippen molar-refractivity contribution in [3.63, 3.8) is 0 Å². The van der Waals surface area contributed by atoms with Crippen LogP contribution in [0.5, 0.6) is 5.75 Å². The largest absolute Gasteiger partial charge is 0.492 e. The van der Waals surface area contributed by atoms with E-state index in [1.807, 2.05) is 12.1 Å². The van der Waals surface area contributed by atoms with Crippen LogP contribution >= 0.6 is 0 Å². The molecule has 0 aromatic heterocycles. The van der Waals surface area contributed by atoms with E-state index in [-0.39, 0.29) is 16.9 Å². The van der Waals surface area contributed by atoms with Crippen molar-refractivity contribution in [3.8, 4) is 16.9 Å². The van der Waals surface area contributed by atoms with Crippen LogP contribution in [-0.2, 0) is 9.47 Å². The molecule has 5 nitrogen and oxygen atoms in total. The van der Waals surface area contributed by atoms with Gasteiger partial charge in [-0.15, -0.1) is 0 Å². The number of methoxy groups -OCH3 is 1. The molecule has 2 aliphatic carbocycles. The van der Waals surface area contributed by atoms with Crippen molar-refractivity contribution in [2.24, 2.45) is 0 Å². The van der Waals surface area contributed by atoms with Gasteiger partial charge < -0.3 is 14.2 Å². The van der Waals surface area contributed by atoms with Crippen LogP contribution < -0.4 is 4.74 Å². The number of esters is 2. The summed E-state index contributed by atoms with van der Waals surface area (Å²) in [6.07, 6.45) is 2.85. The first-order valence-corrected chi connectivity index (χ1v) is 8.58. The Morgan fingerprint density at radius 1 is 0.920 bits per heavy atom. The van der Waals surface area contributed by atoms with E-state index in [0.717, 1.165) is 19.3 Å². The highest BCUT2D eigenvalue weighted by atomic mass is 16.5. The van der Waals surface area contributed by atoms with Gasteiger partial charge in [-0.25, -0.2) is 9.59 Å². The summed E-state index contributed by atoms with van der Waals surface area (Å²) in [4.78, 5) is 25.0. The molecule has 5 heteroatoms. The summed E-state index contributed by atoms with van der Waals surface area (Å²) in [5, 5.41) is 0. The fourth-order valence-corrected chi connectivity index (χ4v) is 2.74. The van der Waals surface area contributed by atoms with E-state index in [2.05, 4.69) is 6.92 Å². The molecule has 134 valence electrons. The van der Waals surface area contributed by atoms with E-state index in [0.29, 0.717) is 24.3 Å². The summed E-state index contributed by atoms with van der Waals surface area (Å²) >= 11 is 0. The van der Waals surface area contributed by atoms with Crippen molar-refractivity contribution in [2.75, 3.05) is 20.3 Å². The Morgan fingerprint density at radius 2 is 1.56 bits per heavy atom. The molecule has 0 fully saturated rings. The number of carbonyl (C=O) groups excluding carboxylic acids is 2. The topological polar surface area (TPSA) is 61.8 Å². The summed E-state index contributed by atoms with van der Waals surface area (Å²) in [7, 11) is 1.31. The normalized spacial score (nSPS) is 10.5. The SMILES string of the molecule is CCCCCOC(=O)c1c2cccccc-2c(C(=O)OC)c1OCC. The lowest BCUT2D eigenvalue weighted by atomic mass is 10.1. The van der Waals surface area contributed by atoms with Crippen molar-refractivity contribution in [3.05, 3.63) is 41.5 Å². The van der Waals surface area contributed by atoms with Gasteiger partial charge in [-0.2, -0.15) is 0 Å². The summed E-state index contributed by atoms with van der Waals surface area (Å²) in [5.41, 5.74) is 1.77. The predicted octanol–water partition coefficient (Wildman–Crippen LogP) is 4.32. The van der Waals surface area contributed by atoms with Crippen LogP contribution in [0.2, 0.25) is 0 Å². The summed E-state index contributed by atoms with van der Waals surface area (Å²) in [6, 6.07) is 9.01. The minimum atomic E-state index is -0.537. The van der Waals surface area contributed by atoms with E-state index in [9.17, 15) is 9.59 Å². The van der Waals surface area contributed by atoms with E-state index in [4.69, 9.17) is 14.2 Å². The van der Waals surface area contributed by atoms with Gasteiger partial charge in [-0.3, -0.25) is 0 Å². The van der Waals surface area contributed by atoms with Crippen molar-refractivity contribution >= 4 is 11.9 Å². The lowest BCUT2D eigenvalue weighted by Gasteiger charge is -2.08. The average molecular weight is 344 g/mol. The number of unbranched alkanes of at least 4 members (excludes halogenated alkanes) is 2. The second kappa shape index (κ2) is 9.06. The third-order valence-corrected chi connectivity index (χ3v) is 3.89. The monoisotopic (exact) mass is 344 g/mol. The molecule has 0 aliphatic heterocycles. The fraction of sp³-hybridized carbons (Fsp3) is 0.400. The smallest absolute Gasteiger partial charge is 0.342 e. The van der Waals surface area contributed by atoms with Crippen LogP contribution in [0, 0.1) is 0 Å². The first-order valence-electron chi connectivity index (χ1n) is 8.58. The molecule has 0 atom stereocenters. The van der Waals surface area contributed by atoms with E-state index < -0.39 is 11.9 Å². The summed E-state index contributed by atoms with van der Waals surface area (Å²) in [5.74, 6) is -0.786. The van der Waals surface area contributed by atoms with Gasteiger partial charge in [0.05, 0.1) is 20.3 Å². The Balaban J connectivity index is 2.52. The van der Waals surface area contributed by atoms with Crippen LogP contribution in [-0.4, -0.2) is 32.3 Å². The van der Waals surface area contributed by atoms with Gasteiger partial charge in [0.2, 0.25) is 0 Å². The minimum absolute atomic E-state index is 0.232. The second-order valence-corrected chi connectivity index (χ2v) is 5.58. The lowest BCUT2D eigenvalue weighted by molar-refractivity contribution is 0.0495. The van der Waals surface area contributed by atoms with E-state index in [1.54, 1.807) is 25.1 Å². The van der Waals surface area contributed by atoms with E-state index in [1.165, 1.54) is 7.11 Å². The quantitative estimate of drug-likeness (QED) is 0.527. The zero-order chi connectivity index (χ0) is 18.2. The van der Waals surface area contributed by atoms with Gasteiger partial charge in [-0.05, 0) is 13.3 Å². The molecule has 0 aromatic carbocycles. The molecule has 0 saturated carbocycles. The average Bonchev–Trinajstić information content (AvgIpc) is 2.75. The molecule has 0 spiro atoms. The van der Waals surface area contributed by atoms with Crippen LogP contribution in [0.15, 0.2) is 30.3 Å². The Morgan fingerprint density at radius 3 is 2.12 bits per heavy atom. The van der Waals surface area contributed by atoms with Gasteiger partial charge in [0.15, 0.2) is 0 Å². The first-order chi connectivity index (χ1) is 12.2. The number of fused-ring (bicyclic) bond motifs is 1. The Bertz CT molecular complexity index is 707. The molecule has 0 bridgehead atoms. The number of rotatable bonds is 8. The standard InChI is InChI=1S/C20H24O5/c1-4-6-10-13-25-20(22)17-15-12-9-7-8-11-14(15)16(19(21)23-3)18(17)24-5-2/h7-9,11-12H,4-6,10,13H2,1-3H3. The molecular weight excluding hydrogens is 320 g/mol. The second-order valence-electron chi connectivity index (χ2n) is 5.58. The third kappa shape index (κ3) is 4.10. The molecule has 2 aliphatic rings. The Labute approximate surface area is 148 Å². The summed E-state index contributed by atoms with van der Waals surface area (Å²) < 4.78 is 16.0. The van der Waals surface area contributed by atoms with Crippen molar-refractivity contribution in [2.45, 2.75) is 33.1 Å². The maximum atomic E-state index is 12.7. The predicted molar refractivity (Wildman–Crippen MR) is 95.4 cm³/mol. The van der Waals surface area contributed by atoms with Crippen molar-refractivity contribution in [1.82, 2.24) is 0 Å². The third-order valence-electron chi connectivity index (χ3n) is 3.89. The zero-order valence-corrected chi connectivity index (χ0v) is 15.0. The van der Waals surface area contributed by atoms with Crippen LogP contribution in [0.25, 0.3) is 11.1 Å². The first kappa shape index (κ1) is 18.8. The molecule has 0 unspecified atom stereocenters. The molecule has 0 aromatic rings. The molecule has 25 heavy (non-hydrogen) atoms. The van der Waals surface area contributed by atoms with E-state index >= 15 is 0 Å². The maximum absolute atomic E-state index is 12.7. The number of carbonyl (C=O) groups is 2. The highest BCUT2D eigenvalue weighted by Gasteiger charge is 2.33. The highest BCUT2D eigenvalue weighted by molar-refractivity contribution is 6.12. The highest BCUT2D eigenvalue weighted by Crippen LogP contribution is 2.42. The zero-order valence-electron chi connectivity index (χ0n) is 15.0. The number of hydrogen-bond acceptors (Lipinski definition) is 5. The van der Waals surface area contributed by atoms with Crippen molar-refractivity contribution in [1.29, 1.82) is 0 Å². The molecule has 0 saturated heterocycles. The Kier molecular flexibility index (Phi) is 6.81. The fourth-order valence-electron chi connectivity index (χ4n) is 2.74. The number of ether oxygens (including phenoxy) is 3. The van der Waals surface area contributed by atoms with Gasteiger partial charge >= 0.3 is 11.9 Å². The molecular formula is C20H24O5. The Hall–Kier alpha value is -2.56. The van der Waals surface area contributed by atoms with Crippen molar-refractivity contribution < 1.29 is 23.8 Å². The number of hydrogen-bond donors (Lipinski definition) is 0. The van der Waals surface area contributed by atoms with Gasteiger partial charge in [-0.1, -0.05) is 50.1 Å². The van der Waals surface area contributed by atoms with Gasteiger partial charge in [0.1, 0.15) is 16.9 Å². The maximum Gasteiger partial charge on any atom is 0.342 e. The van der Waals surface area contributed by atoms with Gasteiger partial charge in [0.25, 0.3) is 0 Å². The molecule has 0 N–H and O–H groups in total. The minimum Gasteiger partial charge on any atom is -0.492 e. The van der Waals surface area contributed by atoms with Crippen LogP contribution in [0.4, 0.5) is 0 Å². The molecule has 0 radical (unpaired) electrons. The van der Waals surface area contributed by atoms with Crippen LogP contribution in [0.1, 0.15) is 53.8 Å². The van der Waals surface area contributed by atoms with Gasteiger partial charge in [0, 0.05) is 11.1 Å². The molecule has 0 heterocycles.